The summed E-state index contributed by atoms with van der Waals surface area (Å²) in [6.45, 7) is 9.45. The lowest BCUT2D eigenvalue weighted by Crippen LogP contribution is -2.61. The summed E-state index contributed by atoms with van der Waals surface area (Å²) in [7, 11) is 0. The first-order valence-electron chi connectivity index (χ1n) is 12.9. The number of fused-ring (bicyclic) bond motifs is 1. The molecular formula is C31H36O5S. The number of thioether (sulfide) groups is 1. The van der Waals surface area contributed by atoms with Crippen LogP contribution in [0.15, 0.2) is 83.8 Å². The maximum Gasteiger partial charge on any atom is 0.184 e. The summed E-state index contributed by atoms with van der Waals surface area (Å²) in [6.07, 6.45) is -2.96. The minimum absolute atomic E-state index is 0.0295. The van der Waals surface area contributed by atoms with Crippen LogP contribution >= 0.6 is 11.8 Å². The van der Waals surface area contributed by atoms with Gasteiger partial charge in [0.2, 0.25) is 0 Å². The van der Waals surface area contributed by atoms with E-state index < -0.39 is 36.1 Å². The third-order valence-corrected chi connectivity index (χ3v) is 8.27. The number of aryl methyl sites for hydroxylation is 1. The highest BCUT2D eigenvalue weighted by Crippen LogP contribution is 2.41. The van der Waals surface area contributed by atoms with Crippen LogP contribution in [0.3, 0.4) is 0 Å². The smallest absolute Gasteiger partial charge is 0.184 e. The van der Waals surface area contributed by atoms with E-state index in [-0.39, 0.29) is 5.41 Å². The van der Waals surface area contributed by atoms with Crippen molar-refractivity contribution < 1.29 is 24.1 Å². The van der Waals surface area contributed by atoms with Gasteiger partial charge in [-0.2, -0.15) is 0 Å². The van der Waals surface area contributed by atoms with Gasteiger partial charge in [0.15, 0.2) is 6.29 Å². The minimum atomic E-state index is -0.874. The third-order valence-electron chi connectivity index (χ3n) is 6.96. The number of hydrogen-bond acceptors (Lipinski definition) is 6. The summed E-state index contributed by atoms with van der Waals surface area (Å²) >= 11 is 1.60. The maximum atomic E-state index is 11.6. The van der Waals surface area contributed by atoms with E-state index in [1.54, 1.807) is 11.8 Å². The summed E-state index contributed by atoms with van der Waals surface area (Å²) in [5.74, 6) is 0. The fourth-order valence-corrected chi connectivity index (χ4v) is 5.98. The molecular weight excluding hydrogens is 484 g/mol. The van der Waals surface area contributed by atoms with Crippen molar-refractivity contribution in [1.82, 2.24) is 0 Å². The number of benzene rings is 3. The van der Waals surface area contributed by atoms with Gasteiger partial charge in [0.05, 0.1) is 13.2 Å². The monoisotopic (exact) mass is 520 g/mol. The van der Waals surface area contributed by atoms with Crippen LogP contribution < -0.4 is 0 Å². The Morgan fingerprint density at radius 1 is 0.946 bits per heavy atom. The Morgan fingerprint density at radius 2 is 1.65 bits per heavy atom. The third kappa shape index (κ3) is 6.11. The Kier molecular flexibility index (Phi) is 8.05. The molecule has 3 aromatic rings. The summed E-state index contributed by atoms with van der Waals surface area (Å²) in [4.78, 5) is 1.12. The first-order chi connectivity index (χ1) is 17.8. The summed E-state index contributed by atoms with van der Waals surface area (Å²) in [5.41, 5.74) is 3.99. The van der Waals surface area contributed by atoms with Gasteiger partial charge in [-0.05, 0) is 35.1 Å². The lowest BCUT2D eigenvalue weighted by Gasteiger charge is -2.47. The molecule has 2 aliphatic heterocycles. The molecule has 3 aromatic carbocycles. The Balaban J connectivity index is 1.39. The molecule has 37 heavy (non-hydrogen) atoms. The topological polar surface area (TPSA) is 57.2 Å². The Bertz CT molecular complexity index is 1160. The average Bonchev–Trinajstić information content (AvgIpc) is 2.90. The van der Waals surface area contributed by atoms with E-state index in [4.69, 9.17) is 18.9 Å². The highest BCUT2D eigenvalue weighted by Gasteiger charge is 2.50. The van der Waals surface area contributed by atoms with Crippen molar-refractivity contribution >= 4 is 11.8 Å². The van der Waals surface area contributed by atoms with Gasteiger partial charge in [0.25, 0.3) is 0 Å². The molecule has 0 aliphatic carbocycles. The molecule has 5 nitrogen and oxygen atoms in total. The second-order valence-corrected chi connectivity index (χ2v) is 12.0. The molecule has 6 heteroatoms. The van der Waals surface area contributed by atoms with E-state index >= 15 is 0 Å². The highest BCUT2D eigenvalue weighted by atomic mass is 32.2. The zero-order valence-corrected chi connectivity index (χ0v) is 22.7. The minimum Gasteiger partial charge on any atom is -0.387 e. The van der Waals surface area contributed by atoms with Gasteiger partial charge in [-0.25, -0.2) is 0 Å². The van der Waals surface area contributed by atoms with Crippen LogP contribution in [0.4, 0.5) is 0 Å². The first kappa shape index (κ1) is 26.4. The van der Waals surface area contributed by atoms with Gasteiger partial charge in [0.1, 0.15) is 29.9 Å². The Morgan fingerprint density at radius 3 is 2.35 bits per heavy atom. The van der Waals surface area contributed by atoms with Gasteiger partial charge < -0.3 is 24.1 Å². The molecule has 2 saturated heterocycles. The van der Waals surface area contributed by atoms with Crippen molar-refractivity contribution in [2.24, 2.45) is 0 Å². The molecule has 6 atom stereocenters. The molecule has 4 unspecified atom stereocenters. The summed E-state index contributed by atoms with van der Waals surface area (Å²) < 4.78 is 25.2. The molecule has 0 saturated carbocycles. The van der Waals surface area contributed by atoms with Gasteiger partial charge in [-0.1, -0.05) is 105 Å². The van der Waals surface area contributed by atoms with E-state index in [1.807, 2.05) is 60.7 Å². The standard InChI is InChI=1S/C31H36O5S/c1-20-15-16-23(31(2,3)4)17-25(20)37-30-28(33-18-21-11-7-5-8-12-21)26(32)27-24(35-30)19-34-29(36-27)22-13-9-6-10-14-22/h5-17,24,26-30,32H,18-19H2,1-4H3/t24?,26?,27-,28?,29?,30+/m1/s1. The van der Waals surface area contributed by atoms with Crippen molar-refractivity contribution in [3.05, 3.63) is 101 Å². The van der Waals surface area contributed by atoms with Crippen LogP contribution in [0.2, 0.25) is 0 Å². The molecule has 0 bridgehead atoms. The van der Waals surface area contributed by atoms with Gasteiger partial charge in [0, 0.05) is 10.5 Å². The largest absolute Gasteiger partial charge is 0.387 e. The Hall–Kier alpha value is -2.19. The van der Waals surface area contributed by atoms with Crippen LogP contribution in [0, 0.1) is 6.92 Å². The van der Waals surface area contributed by atoms with Crippen molar-refractivity contribution in [3.8, 4) is 0 Å². The van der Waals surface area contributed by atoms with Crippen LogP contribution in [0.5, 0.6) is 0 Å². The first-order valence-corrected chi connectivity index (χ1v) is 13.8. The average molecular weight is 521 g/mol. The quantitative estimate of drug-likeness (QED) is 0.420. The van der Waals surface area contributed by atoms with Crippen molar-refractivity contribution in [2.45, 2.75) is 80.8 Å². The fraction of sp³-hybridized carbons (Fsp3) is 0.419. The predicted molar refractivity (Wildman–Crippen MR) is 145 cm³/mol. The number of ether oxygens (including phenoxy) is 4. The SMILES string of the molecule is Cc1ccc(C(C)(C)C)cc1S[C@@H]1OC2COC(c3ccccc3)O[C@H]2C(O)C1OCc1ccccc1. The fourth-order valence-electron chi connectivity index (χ4n) is 4.70. The normalized spacial score (nSPS) is 28.0. The number of hydrogen-bond donors (Lipinski definition) is 1. The molecule has 1 N–H and O–H groups in total. The van der Waals surface area contributed by atoms with Gasteiger partial charge in [-0.15, -0.1) is 0 Å². The molecule has 2 heterocycles. The molecule has 196 valence electrons. The van der Waals surface area contributed by atoms with Gasteiger partial charge >= 0.3 is 0 Å². The maximum absolute atomic E-state index is 11.6. The van der Waals surface area contributed by atoms with Crippen LogP contribution in [-0.4, -0.2) is 41.6 Å². The van der Waals surface area contributed by atoms with E-state index in [0.717, 1.165) is 16.0 Å². The number of aliphatic hydroxyl groups excluding tert-OH is 1. The van der Waals surface area contributed by atoms with E-state index in [1.165, 1.54) is 11.1 Å². The van der Waals surface area contributed by atoms with E-state index in [2.05, 4.69) is 45.9 Å². The molecule has 0 aromatic heterocycles. The lowest BCUT2D eigenvalue weighted by atomic mass is 9.87. The molecule has 0 spiro atoms. The van der Waals surface area contributed by atoms with E-state index in [9.17, 15) is 5.11 Å². The molecule has 0 amide bonds. The predicted octanol–water partition coefficient (Wildman–Crippen LogP) is 6.17. The molecule has 2 fully saturated rings. The van der Waals surface area contributed by atoms with E-state index in [0.29, 0.717) is 13.2 Å². The van der Waals surface area contributed by atoms with Crippen LogP contribution in [0.1, 0.15) is 49.3 Å². The van der Waals surface area contributed by atoms with Crippen LogP contribution in [-0.2, 0) is 31.0 Å². The van der Waals surface area contributed by atoms with Crippen LogP contribution in [0.25, 0.3) is 0 Å². The molecule has 5 rings (SSSR count). The summed E-state index contributed by atoms with van der Waals surface area (Å²) in [5, 5.41) is 11.6. The second kappa shape index (κ2) is 11.3. The number of aliphatic hydroxyl groups is 1. The van der Waals surface area contributed by atoms with Crippen molar-refractivity contribution in [3.63, 3.8) is 0 Å². The van der Waals surface area contributed by atoms with Gasteiger partial charge in [-0.3, -0.25) is 0 Å². The number of rotatable bonds is 6. The zero-order valence-electron chi connectivity index (χ0n) is 21.9. The summed E-state index contributed by atoms with van der Waals surface area (Å²) in [6, 6.07) is 26.4. The van der Waals surface area contributed by atoms with Crippen molar-refractivity contribution in [1.29, 1.82) is 0 Å². The zero-order chi connectivity index (χ0) is 26.0. The molecule has 2 aliphatic rings. The Labute approximate surface area is 224 Å². The second-order valence-electron chi connectivity index (χ2n) is 10.8. The lowest BCUT2D eigenvalue weighted by molar-refractivity contribution is -0.322. The highest BCUT2D eigenvalue weighted by molar-refractivity contribution is 7.99. The van der Waals surface area contributed by atoms with Crippen molar-refractivity contribution in [2.75, 3.05) is 6.61 Å². The molecule has 0 radical (unpaired) electrons.